The van der Waals surface area contributed by atoms with Crippen LogP contribution in [0.4, 0.5) is 0 Å². The number of carbonyl (C=O) groups is 2. The largest absolute Gasteiger partial charge is 0.508 e. The van der Waals surface area contributed by atoms with E-state index in [1.165, 1.54) is 6.07 Å². The van der Waals surface area contributed by atoms with E-state index in [9.17, 15) is 14.7 Å². The molecule has 1 atom stereocenters. The quantitative estimate of drug-likeness (QED) is 0.877. The minimum atomic E-state index is -0.552. The van der Waals surface area contributed by atoms with E-state index in [1.54, 1.807) is 30.9 Å². The van der Waals surface area contributed by atoms with Crippen LogP contribution in [0.3, 0.4) is 0 Å². The van der Waals surface area contributed by atoms with E-state index in [0.29, 0.717) is 11.1 Å². The van der Waals surface area contributed by atoms with Crippen molar-refractivity contribution < 1.29 is 14.7 Å². The molecule has 2 rings (SSSR count). The van der Waals surface area contributed by atoms with Crippen LogP contribution in [-0.2, 0) is 4.79 Å². The van der Waals surface area contributed by atoms with Gasteiger partial charge < -0.3 is 15.3 Å². The van der Waals surface area contributed by atoms with Gasteiger partial charge in [-0.15, -0.1) is 0 Å². The molecule has 1 aromatic carbocycles. The van der Waals surface area contributed by atoms with Gasteiger partial charge in [-0.2, -0.15) is 0 Å². The molecule has 1 heterocycles. The molecule has 5 heteroatoms. The molecule has 0 bridgehead atoms. The zero-order valence-corrected chi connectivity index (χ0v) is 11.8. The summed E-state index contributed by atoms with van der Waals surface area (Å²) < 4.78 is 0. The Labute approximate surface area is 118 Å². The van der Waals surface area contributed by atoms with Crippen LogP contribution < -0.4 is 5.32 Å². The van der Waals surface area contributed by atoms with Crippen LogP contribution in [0.2, 0.25) is 0 Å². The molecule has 2 N–H and O–H groups in total. The van der Waals surface area contributed by atoms with E-state index in [4.69, 9.17) is 0 Å². The van der Waals surface area contributed by atoms with Crippen molar-refractivity contribution in [3.63, 3.8) is 0 Å². The summed E-state index contributed by atoms with van der Waals surface area (Å²) in [4.78, 5) is 25.9. The molecular weight excluding hydrogens is 256 g/mol. The smallest absolute Gasteiger partial charge is 0.252 e. The Morgan fingerprint density at radius 3 is 2.55 bits per heavy atom. The number of nitrogens with one attached hydrogen (secondary N) is 1. The zero-order valence-electron chi connectivity index (χ0n) is 11.8. The number of nitrogens with zero attached hydrogens (tertiary/aromatic N) is 1. The average Bonchev–Trinajstić information content (AvgIpc) is 2.94. The molecule has 1 aliphatic heterocycles. The number of phenols is 1. The molecular formula is C15H20N2O3. The third-order valence-electron chi connectivity index (χ3n) is 3.61. The predicted molar refractivity (Wildman–Crippen MR) is 75.6 cm³/mol. The lowest BCUT2D eigenvalue weighted by atomic mass is 10.1. The number of hydrogen-bond acceptors (Lipinski definition) is 3. The van der Waals surface area contributed by atoms with Crippen molar-refractivity contribution in [2.45, 2.75) is 32.7 Å². The van der Waals surface area contributed by atoms with Crippen LogP contribution in [0, 0.1) is 6.92 Å². The molecule has 0 spiro atoms. The number of hydrogen-bond donors (Lipinski definition) is 2. The minimum Gasteiger partial charge on any atom is -0.508 e. The van der Waals surface area contributed by atoms with Gasteiger partial charge in [-0.1, -0.05) is 6.07 Å². The van der Waals surface area contributed by atoms with Gasteiger partial charge in [0.05, 0.1) is 0 Å². The normalized spacial score (nSPS) is 16.0. The first kappa shape index (κ1) is 14.4. The maximum atomic E-state index is 12.1. The summed E-state index contributed by atoms with van der Waals surface area (Å²) in [7, 11) is 0. The number of amides is 2. The van der Waals surface area contributed by atoms with Crippen molar-refractivity contribution in [1.82, 2.24) is 10.2 Å². The molecule has 20 heavy (non-hydrogen) atoms. The first-order valence-electron chi connectivity index (χ1n) is 6.88. The van der Waals surface area contributed by atoms with Crippen molar-refractivity contribution in [1.29, 1.82) is 0 Å². The monoisotopic (exact) mass is 276 g/mol. The topological polar surface area (TPSA) is 69.6 Å². The highest BCUT2D eigenvalue weighted by atomic mass is 16.3. The third-order valence-corrected chi connectivity index (χ3v) is 3.61. The van der Waals surface area contributed by atoms with E-state index < -0.39 is 6.04 Å². The fourth-order valence-electron chi connectivity index (χ4n) is 2.30. The molecule has 1 unspecified atom stereocenters. The minimum absolute atomic E-state index is 0.0489. The molecule has 2 amide bonds. The summed E-state index contributed by atoms with van der Waals surface area (Å²) in [5.74, 6) is -0.316. The second kappa shape index (κ2) is 5.94. The van der Waals surface area contributed by atoms with Gasteiger partial charge in [0, 0.05) is 18.7 Å². The van der Waals surface area contributed by atoms with Crippen molar-refractivity contribution in [2.75, 3.05) is 13.1 Å². The number of rotatable bonds is 3. The lowest BCUT2D eigenvalue weighted by molar-refractivity contribution is -0.131. The molecule has 0 aromatic heterocycles. The summed E-state index contributed by atoms with van der Waals surface area (Å²) in [6, 6.07) is 4.18. The van der Waals surface area contributed by atoms with Gasteiger partial charge >= 0.3 is 0 Å². The van der Waals surface area contributed by atoms with Crippen LogP contribution in [0.25, 0.3) is 0 Å². The molecule has 0 aliphatic carbocycles. The number of phenolic OH excluding ortho intramolecular Hbond substituents is 1. The summed E-state index contributed by atoms with van der Waals surface area (Å²) in [6.07, 6.45) is 2.05. The molecule has 1 saturated heterocycles. The van der Waals surface area contributed by atoms with Crippen molar-refractivity contribution >= 4 is 11.8 Å². The first-order chi connectivity index (χ1) is 9.49. The van der Waals surface area contributed by atoms with E-state index in [-0.39, 0.29) is 17.6 Å². The fraction of sp³-hybridized carbons (Fsp3) is 0.467. The van der Waals surface area contributed by atoms with Gasteiger partial charge in [-0.25, -0.2) is 0 Å². The molecule has 5 nitrogen and oxygen atoms in total. The second-order valence-corrected chi connectivity index (χ2v) is 5.23. The van der Waals surface area contributed by atoms with E-state index in [2.05, 4.69) is 5.32 Å². The Hall–Kier alpha value is -2.04. The summed E-state index contributed by atoms with van der Waals surface area (Å²) in [6.45, 7) is 4.98. The van der Waals surface area contributed by atoms with Crippen LogP contribution in [0.15, 0.2) is 18.2 Å². The average molecular weight is 276 g/mol. The van der Waals surface area contributed by atoms with Gasteiger partial charge in [-0.3, -0.25) is 9.59 Å². The van der Waals surface area contributed by atoms with E-state index in [0.717, 1.165) is 25.9 Å². The number of aromatic hydroxyl groups is 1. The third kappa shape index (κ3) is 3.10. The maximum absolute atomic E-state index is 12.1. The molecule has 0 radical (unpaired) electrons. The first-order valence-corrected chi connectivity index (χ1v) is 6.88. The van der Waals surface area contributed by atoms with Crippen molar-refractivity contribution in [3.8, 4) is 5.75 Å². The predicted octanol–water partition coefficient (Wildman–Crippen LogP) is 1.44. The van der Waals surface area contributed by atoms with Gasteiger partial charge in [0.15, 0.2) is 0 Å². The highest BCUT2D eigenvalue weighted by Crippen LogP contribution is 2.17. The summed E-state index contributed by atoms with van der Waals surface area (Å²) in [5.41, 5.74) is 1.07. The fourth-order valence-corrected chi connectivity index (χ4v) is 2.30. The van der Waals surface area contributed by atoms with Crippen molar-refractivity contribution in [2.24, 2.45) is 0 Å². The Kier molecular flexibility index (Phi) is 4.27. The SMILES string of the molecule is Cc1ccc(C(=O)NC(C)C(=O)N2CCCC2)cc1O. The summed E-state index contributed by atoms with van der Waals surface area (Å²) >= 11 is 0. The summed E-state index contributed by atoms with van der Waals surface area (Å²) in [5, 5.41) is 12.3. The Balaban J connectivity index is 1.99. The number of likely N-dealkylation sites (tertiary alicyclic amines) is 1. The lowest BCUT2D eigenvalue weighted by Gasteiger charge is -2.21. The number of benzene rings is 1. The van der Waals surface area contributed by atoms with Crippen molar-refractivity contribution in [3.05, 3.63) is 29.3 Å². The van der Waals surface area contributed by atoms with E-state index in [1.807, 2.05) is 0 Å². The van der Waals surface area contributed by atoms with Crippen LogP contribution in [-0.4, -0.2) is 41.0 Å². The molecule has 108 valence electrons. The highest BCUT2D eigenvalue weighted by molar-refractivity contribution is 5.97. The molecule has 1 aromatic rings. The maximum Gasteiger partial charge on any atom is 0.252 e. The Morgan fingerprint density at radius 2 is 1.95 bits per heavy atom. The lowest BCUT2D eigenvalue weighted by Crippen LogP contribution is -2.45. The van der Waals surface area contributed by atoms with Crippen LogP contribution >= 0.6 is 0 Å². The molecule has 1 aliphatic rings. The highest BCUT2D eigenvalue weighted by Gasteiger charge is 2.24. The number of aryl methyl sites for hydroxylation is 1. The molecule has 0 saturated carbocycles. The van der Waals surface area contributed by atoms with Gasteiger partial charge in [0.25, 0.3) is 5.91 Å². The van der Waals surface area contributed by atoms with Crippen LogP contribution in [0.1, 0.15) is 35.7 Å². The van der Waals surface area contributed by atoms with Gasteiger partial charge in [-0.05, 0) is 44.4 Å². The Morgan fingerprint density at radius 1 is 1.30 bits per heavy atom. The van der Waals surface area contributed by atoms with Gasteiger partial charge in [0.1, 0.15) is 11.8 Å². The number of carbonyl (C=O) groups excluding carboxylic acids is 2. The van der Waals surface area contributed by atoms with Gasteiger partial charge in [0.2, 0.25) is 5.91 Å². The molecule has 1 fully saturated rings. The zero-order chi connectivity index (χ0) is 14.7. The van der Waals surface area contributed by atoms with E-state index >= 15 is 0 Å². The van der Waals surface area contributed by atoms with Crippen LogP contribution in [0.5, 0.6) is 5.75 Å². The Bertz CT molecular complexity index is 522. The second-order valence-electron chi connectivity index (χ2n) is 5.23. The standard InChI is InChI=1S/C15H20N2O3/c1-10-5-6-12(9-13(10)18)14(19)16-11(2)15(20)17-7-3-4-8-17/h5-6,9,11,18H,3-4,7-8H2,1-2H3,(H,16,19).